The van der Waals surface area contributed by atoms with Crippen LogP contribution in [0.15, 0.2) is 55.1 Å². The third-order valence-electron chi connectivity index (χ3n) is 3.56. The lowest BCUT2D eigenvalue weighted by Gasteiger charge is -2.12. The molecule has 1 aromatic carbocycles. The monoisotopic (exact) mass is 337 g/mol. The lowest BCUT2D eigenvalue weighted by atomic mass is 10.2. The average Bonchev–Trinajstić information content (AvgIpc) is 2.68. The predicted octanol–water partition coefficient (Wildman–Crippen LogP) is 3.24. The van der Waals surface area contributed by atoms with Crippen molar-refractivity contribution in [3.05, 3.63) is 60.7 Å². The van der Waals surface area contributed by atoms with Crippen LogP contribution in [0.5, 0.6) is 11.5 Å². The summed E-state index contributed by atoms with van der Waals surface area (Å²) in [6, 6.07) is 11.3. The minimum Gasteiger partial charge on any atom is -0.497 e. The lowest BCUT2D eigenvalue weighted by Crippen LogP contribution is -2.03. The number of hydrogen-bond acceptors (Lipinski definition) is 7. The van der Waals surface area contributed by atoms with Crippen LogP contribution in [0.3, 0.4) is 0 Å². The quantitative estimate of drug-likeness (QED) is 0.685. The Morgan fingerprint density at radius 1 is 0.920 bits per heavy atom. The van der Waals surface area contributed by atoms with Crippen LogP contribution < -0.4 is 20.1 Å². The zero-order valence-corrected chi connectivity index (χ0v) is 14.1. The van der Waals surface area contributed by atoms with Crippen molar-refractivity contribution < 1.29 is 9.47 Å². The number of nitrogens with zero attached hydrogens (tertiary/aromatic N) is 3. The van der Waals surface area contributed by atoms with E-state index in [0.29, 0.717) is 18.1 Å². The largest absolute Gasteiger partial charge is 0.497 e. The van der Waals surface area contributed by atoms with Gasteiger partial charge in [-0.05, 0) is 29.8 Å². The number of aromatic nitrogens is 3. The van der Waals surface area contributed by atoms with Crippen molar-refractivity contribution in [2.45, 2.75) is 6.54 Å². The van der Waals surface area contributed by atoms with E-state index < -0.39 is 0 Å². The van der Waals surface area contributed by atoms with Gasteiger partial charge in [-0.2, -0.15) is 0 Å². The number of benzene rings is 1. The predicted molar refractivity (Wildman–Crippen MR) is 96.4 cm³/mol. The van der Waals surface area contributed by atoms with E-state index in [9.17, 15) is 0 Å². The number of ether oxygens (including phenoxy) is 2. The molecule has 3 rings (SSSR count). The minimum atomic E-state index is 0.658. The molecule has 0 fully saturated rings. The maximum Gasteiger partial charge on any atom is 0.146 e. The van der Waals surface area contributed by atoms with Crippen LogP contribution in [0, 0.1) is 0 Å². The molecule has 0 aliphatic heterocycles. The van der Waals surface area contributed by atoms with Gasteiger partial charge in [-0.3, -0.25) is 4.98 Å². The second-order valence-electron chi connectivity index (χ2n) is 5.19. The summed E-state index contributed by atoms with van der Waals surface area (Å²) in [6.07, 6.45) is 5.03. The van der Waals surface area contributed by atoms with Gasteiger partial charge < -0.3 is 20.1 Å². The molecule has 0 saturated heterocycles. The highest BCUT2D eigenvalue weighted by Crippen LogP contribution is 2.31. The van der Waals surface area contributed by atoms with Gasteiger partial charge in [-0.1, -0.05) is 0 Å². The first-order valence-electron chi connectivity index (χ1n) is 7.72. The molecular weight excluding hydrogens is 318 g/mol. The van der Waals surface area contributed by atoms with Gasteiger partial charge in [0.25, 0.3) is 0 Å². The van der Waals surface area contributed by atoms with Gasteiger partial charge in [0.2, 0.25) is 0 Å². The van der Waals surface area contributed by atoms with E-state index in [1.54, 1.807) is 26.6 Å². The fraction of sp³-hybridized carbons (Fsp3) is 0.167. The van der Waals surface area contributed by atoms with Gasteiger partial charge in [0, 0.05) is 31.1 Å². The van der Waals surface area contributed by atoms with Crippen molar-refractivity contribution in [1.82, 2.24) is 15.0 Å². The molecule has 0 aliphatic carbocycles. The first kappa shape index (κ1) is 16.5. The number of rotatable bonds is 7. The van der Waals surface area contributed by atoms with Crippen LogP contribution in [0.4, 0.5) is 17.3 Å². The molecule has 0 saturated carbocycles. The fourth-order valence-corrected chi connectivity index (χ4v) is 2.26. The summed E-state index contributed by atoms with van der Waals surface area (Å²) in [5, 5.41) is 6.50. The normalized spacial score (nSPS) is 10.2. The van der Waals surface area contributed by atoms with Gasteiger partial charge in [0.1, 0.15) is 29.5 Å². The molecule has 0 bridgehead atoms. The maximum atomic E-state index is 5.39. The summed E-state index contributed by atoms with van der Waals surface area (Å²) in [5.74, 6) is 2.78. The van der Waals surface area contributed by atoms with Gasteiger partial charge in [-0.25, -0.2) is 9.97 Å². The van der Waals surface area contributed by atoms with Crippen LogP contribution in [-0.4, -0.2) is 29.2 Å². The Hall–Kier alpha value is -3.35. The number of pyridine rings is 1. The maximum absolute atomic E-state index is 5.39. The Labute approximate surface area is 146 Å². The summed E-state index contributed by atoms with van der Waals surface area (Å²) in [5.41, 5.74) is 1.92. The Kier molecular flexibility index (Phi) is 5.26. The molecule has 0 radical (unpaired) electrons. The number of anilines is 3. The van der Waals surface area contributed by atoms with E-state index in [-0.39, 0.29) is 0 Å². The molecule has 0 unspecified atom stereocenters. The SMILES string of the molecule is COc1ccc(Nc2cc(NCc3ccncc3)ncn2)c(OC)c1. The van der Waals surface area contributed by atoms with E-state index in [1.807, 2.05) is 36.4 Å². The topological polar surface area (TPSA) is 81.2 Å². The average molecular weight is 337 g/mol. The zero-order valence-electron chi connectivity index (χ0n) is 14.1. The van der Waals surface area contributed by atoms with Gasteiger partial charge in [0.05, 0.1) is 19.9 Å². The molecule has 2 N–H and O–H groups in total. The molecule has 2 aromatic heterocycles. The summed E-state index contributed by atoms with van der Waals surface area (Å²) >= 11 is 0. The summed E-state index contributed by atoms with van der Waals surface area (Å²) in [4.78, 5) is 12.5. The molecule has 128 valence electrons. The second-order valence-corrected chi connectivity index (χ2v) is 5.19. The molecule has 7 heteroatoms. The molecule has 25 heavy (non-hydrogen) atoms. The van der Waals surface area contributed by atoms with Crippen LogP contribution in [-0.2, 0) is 6.54 Å². The van der Waals surface area contributed by atoms with Crippen molar-refractivity contribution in [2.24, 2.45) is 0 Å². The number of methoxy groups -OCH3 is 2. The van der Waals surface area contributed by atoms with Gasteiger partial charge in [-0.15, -0.1) is 0 Å². The molecule has 0 spiro atoms. The van der Waals surface area contributed by atoms with Crippen molar-refractivity contribution in [3.8, 4) is 11.5 Å². The Bertz CT molecular complexity index is 827. The first-order chi connectivity index (χ1) is 12.3. The number of hydrogen-bond donors (Lipinski definition) is 2. The molecule has 2 heterocycles. The molecule has 3 aromatic rings. The van der Waals surface area contributed by atoms with Crippen LogP contribution in [0.1, 0.15) is 5.56 Å². The first-order valence-corrected chi connectivity index (χ1v) is 7.72. The Morgan fingerprint density at radius 3 is 2.48 bits per heavy atom. The minimum absolute atomic E-state index is 0.658. The molecular formula is C18H19N5O2. The fourth-order valence-electron chi connectivity index (χ4n) is 2.26. The smallest absolute Gasteiger partial charge is 0.146 e. The van der Waals surface area contributed by atoms with Crippen LogP contribution >= 0.6 is 0 Å². The second kappa shape index (κ2) is 7.96. The standard InChI is InChI=1S/C18H19N5O2/c1-24-14-3-4-15(16(9-14)25-2)23-18-10-17(21-12-22-18)20-11-13-5-7-19-8-6-13/h3-10,12H,11H2,1-2H3,(H2,20,21,22,23). The van der Waals surface area contributed by atoms with Crippen molar-refractivity contribution in [3.63, 3.8) is 0 Å². The highest BCUT2D eigenvalue weighted by molar-refractivity contribution is 5.66. The molecule has 0 aliphatic rings. The molecule has 0 atom stereocenters. The van der Waals surface area contributed by atoms with Crippen molar-refractivity contribution >= 4 is 17.3 Å². The third kappa shape index (κ3) is 4.35. The van der Waals surface area contributed by atoms with Gasteiger partial charge >= 0.3 is 0 Å². The lowest BCUT2D eigenvalue weighted by molar-refractivity contribution is 0.395. The van der Waals surface area contributed by atoms with E-state index in [0.717, 1.165) is 22.8 Å². The molecule has 7 nitrogen and oxygen atoms in total. The van der Waals surface area contributed by atoms with Crippen molar-refractivity contribution in [2.75, 3.05) is 24.9 Å². The van der Waals surface area contributed by atoms with Crippen LogP contribution in [0.2, 0.25) is 0 Å². The Morgan fingerprint density at radius 2 is 1.72 bits per heavy atom. The van der Waals surface area contributed by atoms with E-state index in [2.05, 4.69) is 25.6 Å². The third-order valence-corrected chi connectivity index (χ3v) is 3.56. The summed E-state index contributed by atoms with van der Waals surface area (Å²) in [6.45, 7) is 0.658. The summed E-state index contributed by atoms with van der Waals surface area (Å²) < 4.78 is 10.6. The number of nitrogens with one attached hydrogen (secondary N) is 2. The highest BCUT2D eigenvalue weighted by Gasteiger charge is 2.07. The zero-order chi connectivity index (χ0) is 17.5. The van der Waals surface area contributed by atoms with Crippen molar-refractivity contribution in [1.29, 1.82) is 0 Å². The van der Waals surface area contributed by atoms with Gasteiger partial charge in [0.15, 0.2) is 0 Å². The van der Waals surface area contributed by atoms with E-state index in [4.69, 9.17) is 9.47 Å². The highest BCUT2D eigenvalue weighted by atomic mass is 16.5. The van der Waals surface area contributed by atoms with E-state index >= 15 is 0 Å². The van der Waals surface area contributed by atoms with Crippen LogP contribution in [0.25, 0.3) is 0 Å². The van der Waals surface area contributed by atoms with E-state index in [1.165, 1.54) is 6.33 Å². The molecule has 0 amide bonds. The summed E-state index contributed by atoms with van der Waals surface area (Å²) in [7, 11) is 3.23. The Balaban J connectivity index is 1.71.